The van der Waals surface area contributed by atoms with E-state index in [-0.39, 0.29) is 0 Å². The quantitative estimate of drug-likeness (QED) is 0.809. The van der Waals surface area contributed by atoms with Crippen LogP contribution in [0.3, 0.4) is 0 Å². The second-order valence-corrected chi connectivity index (χ2v) is 5.06. The zero-order chi connectivity index (χ0) is 11.5. The minimum Gasteiger partial charge on any atom is -0.245 e. The van der Waals surface area contributed by atoms with E-state index in [2.05, 4.69) is 9.97 Å². The van der Waals surface area contributed by atoms with Gasteiger partial charge < -0.3 is 0 Å². The second kappa shape index (κ2) is 5.23. The minimum atomic E-state index is 0.351. The van der Waals surface area contributed by atoms with Crippen molar-refractivity contribution in [3.63, 3.8) is 0 Å². The van der Waals surface area contributed by atoms with Gasteiger partial charge in [0.1, 0.15) is 5.03 Å². The van der Waals surface area contributed by atoms with Gasteiger partial charge in [0.15, 0.2) is 5.15 Å². The van der Waals surface area contributed by atoms with E-state index >= 15 is 0 Å². The predicted molar refractivity (Wildman–Crippen MR) is 67.6 cm³/mol. The largest absolute Gasteiger partial charge is 0.245 e. The van der Waals surface area contributed by atoms with E-state index in [9.17, 15) is 0 Å². The Hall–Kier alpha value is -0.480. The third-order valence-corrected chi connectivity index (χ3v) is 3.84. The molecule has 0 radical (unpaired) electrons. The van der Waals surface area contributed by atoms with Crippen molar-refractivity contribution in [1.29, 1.82) is 0 Å². The normalized spacial score (nSPS) is 10.4. The van der Waals surface area contributed by atoms with Crippen LogP contribution in [0.25, 0.3) is 0 Å². The molecule has 0 spiro atoms. The molecule has 2 rings (SSSR count). The van der Waals surface area contributed by atoms with Crippen molar-refractivity contribution in [2.45, 2.75) is 9.92 Å². The van der Waals surface area contributed by atoms with Crippen molar-refractivity contribution < 1.29 is 0 Å². The molecular weight excluding hydrogens is 287 g/mol. The SMILES string of the molecule is Clc1ccc(Cl)c(Sc2nccnc2Cl)c1. The van der Waals surface area contributed by atoms with E-state index in [0.717, 1.165) is 4.90 Å². The fourth-order valence-electron chi connectivity index (χ4n) is 1.04. The van der Waals surface area contributed by atoms with Crippen LogP contribution in [0.2, 0.25) is 15.2 Å². The average molecular weight is 292 g/mol. The van der Waals surface area contributed by atoms with Crippen LogP contribution >= 0.6 is 46.6 Å². The Kier molecular flexibility index (Phi) is 3.92. The van der Waals surface area contributed by atoms with Gasteiger partial charge in [-0.25, -0.2) is 9.97 Å². The second-order valence-electron chi connectivity index (χ2n) is 2.83. The molecule has 0 aliphatic rings. The summed E-state index contributed by atoms with van der Waals surface area (Å²) in [6.07, 6.45) is 3.11. The van der Waals surface area contributed by atoms with Crippen LogP contribution in [0.5, 0.6) is 0 Å². The molecule has 6 heteroatoms. The smallest absolute Gasteiger partial charge is 0.161 e. The highest BCUT2D eigenvalue weighted by atomic mass is 35.5. The third-order valence-electron chi connectivity index (χ3n) is 1.72. The lowest BCUT2D eigenvalue weighted by molar-refractivity contribution is 1.06. The molecule has 0 saturated carbocycles. The van der Waals surface area contributed by atoms with E-state index in [1.54, 1.807) is 24.4 Å². The first-order chi connectivity index (χ1) is 7.66. The Labute approximate surface area is 112 Å². The van der Waals surface area contributed by atoms with Crippen molar-refractivity contribution in [1.82, 2.24) is 9.97 Å². The maximum absolute atomic E-state index is 6.03. The van der Waals surface area contributed by atoms with E-state index in [1.165, 1.54) is 18.0 Å². The summed E-state index contributed by atoms with van der Waals surface area (Å²) in [6, 6.07) is 5.22. The first-order valence-corrected chi connectivity index (χ1v) is 6.21. The molecule has 0 bridgehead atoms. The summed E-state index contributed by atoms with van der Waals surface area (Å²) in [5.41, 5.74) is 0. The Morgan fingerprint density at radius 2 is 1.75 bits per heavy atom. The maximum Gasteiger partial charge on any atom is 0.161 e. The Bertz CT molecular complexity index is 519. The maximum atomic E-state index is 6.03. The number of hydrogen-bond acceptors (Lipinski definition) is 3. The number of halogens is 3. The molecule has 16 heavy (non-hydrogen) atoms. The number of aromatic nitrogens is 2. The van der Waals surface area contributed by atoms with Gasteiger partial charge in [0.05, 0.1) is 5.02 Å². The van der Waals surface area contributed by atoms with Gasteiger partial charge in [-0.3, -0.25) is 0 Å². The molecule has 0 fully saturated rings. The van der Waals surface area contributed by atoms with Crippen molar-refractivity contribution >= 4 is 46.6 Å². The molecule has 2 aromatic rings. The highest BCUT2D eigenvalue weighted by Crippen LogP contribution is 2.36. The summed E-state index contributed by atoms with van der Waals surface area (Å²) in [4.78, 5) is 8.85. The van der Waals surface area contributed by atoms with Gasteiger partial charge in [-0.1, -0.05) is 46.6 Å². The van der Waals surface area contributed by atoms with Crippen LogP contribution in [0.15, 0.2) is 40.5 Å². The molecule has 0 N–H and O–H groups in total. The molecule has 0 aliphatic heterocycles. The van der Waals surface area contributed by atoms with Gasteiger partial charge >= 0.3 is 0 Å². The van der Waals surface area contributed by atoms with Gasteiger partial charge in [0, 0.05) is 22.3 Å². The molecular formula is C10H5Cl3N2S. The standard InChI is InChI=1S/C10H5Cl3N2S/c11-6-1-2-7(12)8(5-6)16-10-9(13)14-3-4-15-10/h1-5H. The summed E-state index contributed by atoms with van der Waals surface area (Å²) < 4.78 is 0. The van der Waals surface area contributed by atoms with Gasteiger partial charge in [-0.05, 0) is 18.2 Å². The number of hydrogen-bond donors (Lipinski definition) is 0. The number of rotatable bonds is 2. The molecule has 1 aromatic carbocycles. The van der Waals surface area contributed by atoms with Crippen LogP contribution in [0, 0.1) is 0 Å². The molecule has 0 aliphatic carbocycles. The summed E-state index contributed by atoms with van der Waals surface area (Å²) in [5.74, 6) is 0. The summed E-state index contributed by atoms with van der Waals surface area (Å²) in [5, 5.41) is 2.18. The minimum absolute atomic E-state index is 0.351. The van der Waals surface area contributed by atoms with Crippen molar-refractivity contribution in [2.24, 2.45) is 0 Å². The molecule has 0 amide bonds. The van der Waals surface area contributed by atoms with Crippen LogP contribution in [-0.2, 0) is 0 Å². The van der Waals surface area contributed by atoms with Gasteiger partial charge in [-0.2, -0.15) is 0 Å². The molecule has 0 atom stereocenters. The van der Waals surface area contributed by atoms with Crippen LogP contribution < -0.4 is 0 Å². The average Bonchev–Trinajstić information content (AvgIpc) is 2.27. The molecule has 2 nitrogen and oxygen atoms in total. The summed E-state index contributed by atoms with van der Waals surface area (Å²) >= 11 is 19.1. The van der Waals surface area contributed by atoms with E-state index in [1.807, 2.05) is 0 Å². The highest BCUT2D eigenvalue weighted by molar-refractivity contribution is 7.99. The lowest BCUT2D eigenvalue weighted by atomic mass is 10.4. The molecule has 1 aromatic heterocycles. The van der Waals surface area contributed by atoms with E-state index in [4.69, 9.17) is 34.8 Å². The Morgan fingerprint density at radius 3 is 2.50 bits per heavy atom. The van der Waals surface area contributed by atoms with Crippen LogP contribution in [0.1, 0.15) is 0 Å². The first kappa shape index (κ1) is 12.0. The van der Waals surface area contributed by atoms with E-state index in [0.29, 0.717) is 20.2 Å². The zero-order valence-electron chi connectivity index (χ0n) is 7.82. The highest BCUT2D eigenvalue weighted by Gasteiger charge is 2.08. The Balaban J connectivity index is 2.34. The summed E-state index contributed by atoms with van der Waals surface area (Å²) in [7, 11) is 0. The van der Waals surface area contributed by atoms with Gasteiger partial charge in [0.25, 0.3) is 0 Å². The van der Waals surface area contributed by atoms with Crippen molar-refractivity contribution in [3.05, 3.63) is 45.8 Å². The first-order valence-electron chi connectivity index (χ1n) is 4.26. The fourth-order valence-corrected chi connectivity index (χ4v) is 2.54. The molecule has 1 heterocycles. The third kappa shape index (κ3) is 2.80. The van der Waals surface area contributed by atoms with Crippen LogP contribution in [0.4, 0.5) is 0 Å². The fraction of sp³-hybridized carbons (Fsp3) is 0. The summed E-state index contributed by atoms with van der Waals surface area (Å²) in [6.45, 7) is 0. The zero-order valence-corrected chi connectivity index (χ0v) is 10.9. The lowest BCUT2D eigenvalue weighted by Crippen LogP contribution is -1.84. The lowest BCUT2D eigenvalue weighted by Gasteiger charge is -2.04. The van der Waals surface area contributed by atoms with Crippen molar-refractivity contribution in [3.8, 4) is 0 Å². The topological polar surface area (TPSA) is 25.8 Å². The monoisotopic (exact) mass is 290 g/mol. The number of nitrogens with zero attached hydrogens (tertiary/aromatic N) is 2. The number of benzene rings is 1. The van der Waals surface area contributed by atoms with E-state index < -0.39 is 0 Å². The molecule has 0 unspecified atom stereocenters. The molecule has 0 saturated heterocycles. The van der Waals surface area contributed by atoms with Gasteiger partial charge in [0.2, 0.25) is 0 Å². The Morgan fingerprint density at radius 1 is 1.00 bits per heavy atom. The van der Waals surface area contributed by atoms with Gasteiger partial charge in [-0.15, -0.1) is 0 Å². The molecule has 82 valence electrons. The predicted octanol–water partition coefficient (Wildman–Crippen LogP) is 4.59. The van der Waals surface area contributed by atoms with Crippen LogP contribution in [-0.4, -0.2) is 9.97 Å². The van der Waals surface area contributed by atoms with Crippen molar-refractivity contribution in [2.75, 3.05) is 0 Å².